The number of carbonyl (C=O) groups excluding carboxylic acids is 1. The number of methoxy groups -OCH3 is 2. The first-order chi connectivity index (χ1) is 10.5. The standard InChI is InChI=1S/C16H14ClNO4/c1-21-10-4-5-11(14(8-10)22-2)16(20)12-7-9(17)3-6-13(12)18-15(16)19/h3-8,20H,1-2H3,(H,18,19). The average molecular weight is 320 g/mol. The molecule has 0 aromatic heterocycles. The van der Waals surface area contributed by atoms with Gasteiger partial charge >= 0.3 is 0 Å². The van der Waals surface area contributed by atoms with Gasteiger partial charge in [0.15, 0.2) is 5.60 Å². The molecule has 6 heteroatoms. The molecule has 2 N–H and O–H groups in total. The Balaban J connectivity index is 2.23. The van der Waals surface area contributed by atoms with E-state index >= 15 is 0 Å². The Morgan fingerprint density at radius 3 is 2.55 bits per heavy atom. The summed E-state index contributed by atoms with van der Waals surface area (Å²) < 4.78 is 10.4. The number of hydrogen-bond acceptors (Lipinski definition) is 4. The third-order valence-corrected chi connectivity index (χ3v) is 3.98. The molecular weight excluding hydrogens is 306 g/mol. The summed E-state index contributed by atoms with van der Waals surface area (Å²) in [6, 6.07) is 9.75. The number of nitrogens with one attached hydrogen (secondary N) is 1. The SMILES string of the molecule is COc1ccc(C2(O)C(=O)Nc3ccc(Cl)cc32)c(OC)c1. The van der Waals surface area contributed by atoms with Gasteiger partial charge in [-0.15, -0.1) is 0 Å². The molecule has 1 heterocycles. The zero-order chi connectivity index (χ0) is 15.9. The monoisotopic (exact) mass is 319 g/mol. The van der Waals surface area contributed by atoms with Crippen molar-refractivity contribution in [2.45, 2.75) is 5.60 Å². The molecular formula is C16H14ClNO4. The molecule has 3 rings (SSSR count). The Morgan fingerprint density at radius 1 is 1.09 bits per heavy atom. The van der Waals surface area contributed by atoms with E-state index in [0.29, 0.717) is 33.3 Å². The quantitative estimate of drug-likeness (QED) is 0.912. The molecule has 0 radical (unpaired) electrons. The molecule has 0 saturated heterocycles. The summed E-state index contributed by atoms with van der Waals surface area (Å²) in [6.45, 7) is 0. The summed E-state index contributed by atoms with van der Waals surface area (Å²) in [5.41, 5.74) is -0.616. The topological polar surface area (TPSA) is 67.8 Å². The summed E-state index contributed by atoms with van der Waals surface area (Å²) in [5.74, 6) is 0.368. The molecule has 2 aromatic carbocycles. The lowest BCUT2D eigenvalue weighted by molar-refractivity contribution is -0.129. The molecule has 114 valence electrons. The van der Waals surface area contributed by atoms with Crippen molar-refractivity contribution in [3.8, 4) is 11.5 Å². The predicted molar refractivity (Wildman–Crippen MR) is 82.6 cm³/mol. The van der Waals surface area contributed by atoms with Gasteiger partial charge in [-0.1, -0.05) is 11.6 Å². The number of amides is 1. The van der Waals surface area contributed by atoms with Gasteiger partial charge in [-0.05, 0) is 30.3 Å². The Hall–Kier alpha value is -2.24. The molecule has 1 unspecified atom stereocenters. The molecule has 0 saturated carbocycles. The Morgan fingerprint density at radius 2 is 1.86 bits per heavy atom. The van der Waals surface area contributed by atoms with Crippen molar-refractivity contribution in [3.05, 3.63) is 52.5 Å². The lowest BCUT2D eigenvalue weighted by Gasteiger charge is -2.24. The number of carbonyl (C=O) groups is 1. The molecule has 1 atom stereocenters. The van der Waals surface area contributed by atoms with E-state index in [1.54, 1.807) is 36.4 Å². The summed E-state index contributed by atoms with van der Waals surface area (Å²) >= 11 is 6.01. The van der Waals surface area contributed by atoms with E-state index in [1.165, 1.54) is 14.2 Å². The van der Waals surface area contributed by atoms with Crippen molar-refractivity contribution in [1.29, 1.82) is 0 Å². The second-order valence-corrected chi connectivity index (χ2v) is 5.36. The molecule has 0 fully saturated rings. The molecule has 0 aliphatic carbocycles. The fourth-order valence-corrected chi connectivity index (χ4v) is 2.80. The van der Waals surface area contributed by atoms with Crippen molar-refractivity contribution in [2.24, 2.45) is 0 Å². The minimum atomic E-state index is -1.86. The fraction of sp³-hybridized carbons (Fsp3) is 0.188. The van der Waals surface area contributed by atoms with Crippen molar-refractivity contribution in [3.63, 3.8) is 0 Å². The molecule has 1 aliphatic heterocycles. The van der Waals surface area contributed by atoms with Crippen LogP contribution in [0.4, 0.5) is 5.69 Å². The smallest absolute Gasteiger partial charge is 0.266 e. The van der Waals surface area contributed by atoms with Crippen molar-refractivity contribution in [2.75, 3.05) is 19.5 Å². The van der Waals surface area contributed by atoms with E-state index in [1.807, 2.05) is 0 Å². The zero-order valence-electron chi connectivity index (χ0n) is 12.0. The molecule has 5 nitrogen and oxygen atoms in total. The predicted octanol–water partition coefficient (Wildman–Crippen LogP) is 2.55. The van der Waals surface area contributed by atoms with E-state index in [9.17, 15) is 9.90 Å². The first-order valence-corrected chi connectivity index (χ1v) is 6.95. The van der Waals surface area contributed by atoms with E-state index in [4.69, 9.17) is 21.1 Å². The van der Waals surface area contributed by atoms with Crippen LogP contribution in [0.3, 0.4) is 0 Å². The molecule has 1 aliphatic rings. The van der Waals surface area contributed by atoms with Gasteiger partial charge in [0.1, 0.15) is 11.5 Å². The van der Waals surface area contributed by atoms with Gasteiger partial charge in [-0.2, -0.15) is 0 Å². The molecule has 2 aromatic rings. The van der Waals surface area contributed by atoms with Gasteiger partial charge < -0.3 is 19.9 Å². The Labute approximate surface area is 132 Å². The summed E-state index contributed by atoms with van der Waals surface area (Å²) in [7, 11) is 2.99. The molecule has 1 amide bonds. The number of benzene rings is 2. The van der Waals surface area contributed by atoms with Crippen LogP contribution in [0.2, 0.25) is 5.02 Å². The third-order valence-electron chi connectivity index (χ3n) is 3.75. The van der Waals surface area contributed by atoms with E-state index in [-0.39, 0.29) is 0 Å². The van der Waals surface area contributed by atoms with Crippen LogP contribution in [-0.2, 0) is 10.4 Å². The second kappa shape index (κ2) is 5.19. The number of hydrogen-bond donors (Lipinski definition) is 2. The van der Waals surface area contributed by atoms with Gasteiger partial charge in [0.05, 0.1) is 14.2 Å². The van der Waals surface area contributed by atoms with Crippen LogP contribution in [0.15, 0.2) is 36.4 Å². The number of rotatable bonds is 3. The van der Waals surface area contributed by atoms with Crippen molar-refractivity contribution in [1.82, 2.24) is 0 Å². The summed E-state index contributed by atoms with van der Waals surface area (Å²) in [4.78, 5) is 12.4. The maximum Gasteiger partial charge on any atom is 0.266 e. The molecule has 0 bridgehead atoms. The zero-order valence-corrected chi connectivity index (χ0v) is 12.8. The maximum atomic E-state index is 12.4. The second-order valence-electron chi connectivity index (χ2n) is 4.92. The number of aliphatic hydroxyl groups is 1. The number of ether oxygens (including phenoxy) is 2. The lowest BCUT2D eigenvalue weighted by atomic mass is 9.87. The number of fused-ring (bicyclic) bond motifs is 1. The fourth-order valence-electron chi connectivity index (χ4n) is 2.62. The van der Waals surface area contributed by atoms with Crippen LogP contribution in [-0.4, -0.2) is 25.2 Å². The maximum absolute atomic E-state index is 12.4. The van der Waals surface area contributed by atoms with Crippen LogP contribution >= 0.6 is 11.6 Å². The first-order valence-electron chi connectivity index (χ1n) is 6.57. The highest BCUT2D eigenvalue weighted by molar-refractivity contribution is 6.31. The van der Waals surface area contributed by atoms with Crippen LogP contribution < -0.4 is 14.8 Å². The van der Waals surface area contributed by atoms with E-state index in [2.05, 4.69) is 5.32 Å². The Bertz CT molecular complexity index is 762. The first kappa shape index (κ1) is 14.7. The van der Waals surface area contributed by atoms with E-state index < -0.39 is 11.5 Å². The third kappa shape index (κ3) is 2.01. The van der Waals surface area contributed by atoms with Crippen LogP contribution in [0.25, 0.3) is 0 Å². The average Bonchev–Trinajstić information content (AvgIpc) is 2.79. The van der Waals surface area contributed by atoms with Crippen LogP contribution in [0.1, 0.15) is 11.1 Å². The highest BCUT2D eigenvalue weighted by atomic mass is 35.5. The van der Waals surface area contributed by atoms with Gasteiger partial charge in [0, 0.05) is 27.9 Å². The highest BCUT2D eigenvalue weighted by Gasteiger charge is 2.48. The van der Waals surface area contributed by atoms with Crippen LogP contribution in [0.5, 0.6) is 11.5 Å². The van der Waals surface area contributed by atoms with Gasteiger partial charge in [0.25, 0.3) is 5.91 Å². The van der Waals surface area contributed by atoms with Gasteiger partial charge in [0.2, 0.25) is 0 Å². The minimum absolute atomic E-state index is 0.328. The summed E-state index contributed by atoms with van der Waals surface area (Å²) in [6.07, 6.45) is 0. The van der Waals surface area contributed by atoms with Gasteiger partial charge in [-0.3, -0.25) is 4.79 Å². The van der Waals surface area contributed by atoms with E-state index in [0.717, 1.165) is 0 Å². The largest absolute Gasteiger partial charge is 0.497 e. The normalized spacial score (nSPS) is 19.5. The highest BCUT2D eigenvalue weighted by Crippen LogP contribution is 2.45. The Kier molecular flexibility index (Phi) is 3.47. The minimum Gasteiger partial charge on any atom is -0.497 e. The lowest BCUT2D eigenvalue weighted by Crippen LogP contribution is -2.35. The van der Waals surface area contributed by atoms with Crippen LogP contribution in [0, 0.1) is 0 Å². The molecule has 22 heavy (non-hydrogen) atoms. The van der Waals surface area contributed by atoms with Gasteiger partial charge in [-0.25, -0.2) is 0 Å². The van der Waals surface area contributed by atoms with Crippen molar-refractivity contribution >= 4 is 23.2 Å². The number of anilines is 1. The van der Waals surface area contributed by atoms with Crippen molar-refractivity contribution < 1.29 is 19.4 Å². The summed E-state index contributed by atoms with van der Waals surface area (Å²) in [5, 5.41) is 14.2. The number of halogens is 1. The molecule has 0 spiro atoms.